The number of ether oxygens (including phenoxy) is 1. The first-order chi connectivity index (χ1) is 14.1. The molecule has 1 amide bonds. The topological polar surface area (TPSA) is 41.9 Å². The Bertz CT molecular complexity index is 954. The number of aryl methyl sites for hydroxylation is 1. The first kappa shape index (κ1) is 20.8. The third-order valence-corrected chi connectivity index (χ3v) is 5.39. The summed E-state index contributed by atoms with van der Waals surface area (Å²) >= 11 is 1.42. The van der Waals surface area contributed by atoms with Crippen LogP contribution in [0.25, 0.3) is 6.08 Å². The van der Waals surface area contributed by atoms with Gasteiger partial charge in [-0.2, -0.15) is 0 Å². The van der Waals surface area contributed by atoms with Gasteiger partial charge in [0.1, 0.15) is 12.4 Å². The summed E-state index contributed by atoms with van der Waals surface area (Å²) in [6.45, 7) is 5.07. The van der Waals surface area contributed by atoms with E-state index in [4.69, 9.17) is 16.2 Å². The molecule has 0 saturated carbocycles. The van der Waals surface area contributed by atoms with Crippen LogP contribution in [0.2, 0.25) is 0 Å². The van der Waals surface area contributed by atoms with Crippen LogP contribution in [-0.2, 0) is 4.79 Å². The maximum absolute atomic E-state index is 13.0. The van der Waals surface area contributed by atoms with Gasteiger partial charge in [0.25, 0.3) is 5.91 Å². The molecule has 0 atom stereocenters. The van der Waals surface area contributed by atoms with E-state index in [1.807, 2.05) is 61.5 Å². The minimum absolute atomic E-state index is 0.00182. The van der Waals surface area contributed by atoms with E-state index in [0.717, 1.165) is 29.3 Å². The summed E-state index contributed by atoms with van der Waals surface area (Å²) in [6.07, 6.45) is 9.07. The number of thioether (sulfide) groups is 1. The lowest BCUT2D eigenvalue weighted by atomic mass is 10.2. The average Bonchev–Trinajstić information content (AvgIpc) is 3.01. The summed E-state index contributed by atoms with van der Waals surface area (Å²) in [5, 5.41) is 0.729. The molecule has 0 spiro atoms. The minimum atomic E-state index is 0.00182. The van der Waals surface area contributed by atoms with E-state index in [1.54, 1.807) is 4.90 Å². The molecule has 4 nitrogen and oxygen atoms in total. The molecule has 0 N–H and O–H groups in total. The SMILES string of the molecule is C#CCOc1ccc(/C=C2/SC(=Nc3ccc(C)cc3)N(CCCC)C2=O)cc1. The monoisotopic (exact) mass is 404 g/mol. The van der Waals surface area contributed by atoms with Crippen molar-refractivity contribution in [3.63, 3.8) is 0 Å². The van der Waals surface area contributed by atoms with Gasteiger partial charge >= 0.3 is 0 Å². The molecule has 0 aromatic heterocycles. The number of aliphatic imine (C=N–C) groups is 1. The molecular weight excluding hydrogens is 380 g/mol. The van der Waals surface area contributed by atoms with Gasteiger partial charge in [0.15, 0.2) is 5.17 Å². The molecule has 1 fully saturated rings. The molecule has 0 bridgehead atoms. The van der Waals surface area contributed by atoms with Crippen LogP contribution in [0.5, 0.6) is 5.75 Å². The standard InChI is InChI=1S/C24H24N2O2S/c1-4-6-15-26-23(27)22(17-19-9-13-21(14-10-19)28-16-5-2)29-24(26)25-20-11-7-18(3)8-12-20/h2,7-14,17H,4,6,15-16H2,1,3H3/b22-17+,25-24?. The second-order valence-electron chi connectivity index (χ2n) is 6.71. The molecular formula is C24H24N2O2S. The molecule has 0 unspecified atom stereocenters. The Kier molecular flexibility index (Phi) is 7.15. The fourth-order valence-corrected chi connectivity index (χ4v) is 3.80. The van der Waals surface area contributed by atoms with Gasteiger partial charge in [-0.1, -0.05) is 49.1 Å². The summed E-state index contributed by atoms with van der Waals surface area (Å²) in [5.74, 6) is 3.16. The zero-order valence-corrected chi connectivity index (χ0v) is 17.5. The fourth-order valence-electron chi connectivity index (χ4n) is 2.77. The highest BCUT2D eigenvalue weighted by atomic mass is 32.2. The smallest absolute Gasteiger partial charge is 0.266 e. The van der Waals surface area contributed by atoms with Crippen molar-refractivity contribution in [3.8, 4) is 18.1 Å². The second-order valence-corrected chi connectivity index (χ2v) is 7.72. The van der Waals surface area contributed by atoms with Crippen LogP contribution in [0.15, 0.2) is 58.4 Å². The maximum Gasteiger partial charge on any atom is 0.266 e. The van der Waals surface area contributed by atoms with Crippen LogP contribution >= 0.6 is 11.8 Å². The van der Waals surface area contributed by atoms with Gasteiger partial charge in [0, 0.05) is 6.54 Å². The van der Waals surface area contributed by atoms with Gasteiger partial charge in [-0.3, -0.25) is 9.69 Å². The highest BCUT2D eigenvalue weighted by Gasteiger charge is 2.32. The van der Waals surface area contributed by atoms with Gasteiger partial charge in [-0.15, -0.1) is 6.42 Å². The molecule has 0 radical (unpaired) electrons. The van der Waals surface area contributed by atoms with Crippen LogP contribution in [0, 0.1) is 19.3 Å². The van der Waals surface area contributed by atoms with Crippen LogP contribution in [0.4, 0.5) is 5.69 Å². The molecule has 2 aromatic carbocycles. The molecule has 0 aliphatic carbocycles. The Morgan fingerprint density at radius 3 is 2.55 bits per heavy atom. The lowest BCUT2D eigenvalue weighted by molar-refractivity contribution is -0.122. The zero-order chi connectivity index (χ0) is 20.6. The van der Waals surface area contributed by atoms with Crippen LogP contribution in [-0.4, -0.2) is 29.1 Å². The summed E-state index contributed by atoms with van der Waals surface area (Å²) < 4.78 is 5.40. The van der Waals surface area contributed by atoms with Gasteiger partial charge in [0.2, 0.25) is 0 Å². The third kappa shape index (κ3) is 5.52. The Morgan fingerprint density at radius 2 is 1.90 bits per heavy atom. The highest BCUT2D eigenvalue weighted by molar-refractivity contribution is 8.18. The second kappa shape index (κ2) is 9.99. The van der Waals surface area contributed by atoms with E-state index in [-0.39, 0.29) is 12.5 Å². The van der Waals surface area contributed by atoms with Crippen molar-refractivity contribution >= 4 is 34.6 Å². The summed E-state index contributed by atoms with van der Waals surface area (Å²) in [6, 6.07) is 15.5. The number of unbranched alkanes of at least 4 members (excludes halogenated alkanes) is 1. The molecule has 3 rings (SSSR count). The van der Waals surface area contributed by atoms with Gasteiger partial charge < -0.3 is 4.74 Å². The van der Waals surface area contributed by atoms with Gasteiger partial charge in [-0.25, -0.2) is 4.99 Å². The lowest BCUT2D eigenvalue weighted by Crippen LogP contribution is -2.30. The number of hydrogen-bond acceptors (Lipinski definition) is 4. The van der Waals surface area contributed by atoms with Crippen molar-refractivity contribution in [2.75, 3.05) is 13.2 Å². The minimum Gasteiger partial charge on any atom is -0.481 e. The predicted molar refractivity (Wildman–Crippen MR) is 121 cm³/mol. The number of benzene rings is 2. The maximum atomic E-state index is 13.0. The Hall–Kier alpha value is -2.97. The zero-order valence-electron chi connectivity index (χ0n) is 16.7. The summed E-state index contributed by atoms with van der Waals surface area (Å²) in [4.78, 5) is 20.2. The van der Waals surface area contributed by atoms with E-state index in [1.165, 1.54) is 17.3 Å². The van der Waals surface area contributed by atoms with Crippen LogP contribution in [0.1, 0.15) is 30.9 Å². The number of nitrogens with zero attached hydrogens (tertiary/aromatic N) is 2. The first-order valence-electron chi connectivity index (χ1n) is 9.64. The number of carbonyl (C=O) groups is 1. The van der Waals surface area contributed by atoms with E-state index >= 15 is 0 Å². The van der Waals surface area contributed by atoms with Crippen molar-refractivity contribution in [2.24, 2.45) is 4.99 Å². The fraction of sp³-hybridized carbons (Fsp3) is 0.250. The number of rotatable bonds is 7. The molecule has 1 aliphatic rings. The Balaban J connectivity index is 1.84. The summed E-state index contributed by atoms with van der Waals surface area (Å²) in [5.41, 5.74) is 2.96. The summed E-state index contributed by atoms with van der Waals surface area (Å²) in [7, 11) is 0. The first-order valence-corrected chi connectivity index (χ1v) is 10.5. The van der Waals surface area contributed by atoms with Gasteiger partial charge in [-0.05, 0) is 61.0 Å². The van der Waals surface area contributed by atoms with Crippen molar-refractivity contribution in [1.29, 1.82) is 0 Å². The molecule has 148 valence electrons. The largest absolute Gasteiger partial charge is 0.481 e. The van der Waals surface area contributed by atoms with Crippen LogP contribution in [0.3, 0.4) is 0 Å². The van der Waals surface area contributed by atoms with Crippen molar-refractivity contribution in [1.82, 2.24) is 4.90 Å². The van der Waals surface area contributed by atoms with E-state index in [0.29, 0.717) is 17.2 Å². The predicted octanol–water partition coefficient (Wildman–Crippen LogP) is 5.41. The van der Waals surface area contributed by atoms with Crippen molar-refractivity contribution in [2.45, 2.75) is 26.7 Å². The Morgan fingerprint density at radius 1 is 1.17 bits per heavy atom. The number of amidine groups is 1. The van der Waals surface area contributed by atoms with Crippen LogP contribution < -0.4 is 4.74 Å². The number of amides is 1. The molecule has 5 heteroatoms. The van der Waals surface area contributed by atoms with Crippen molar-refractivity contribution < 1.29 is 9.53 Å². The van der Waals surface area contributed by atoms with E-state index in [2.05, 4.69) is 12.8 Å². The average molecular weight is 405 g/mol. The normalized spacial score (nSPS) is 16.4. The molecule has 1 heterocycles. The van der Waals surface area contributed by atoms with Gasteiger partial charge in [0.05, 0.1) is 10.6 Å². The van der Waals surface area contributed by atoms with Crippen molar-refractivity contribution in [3.05, 3.63) is 64.6 Å². The molecule has 2 aromatic rings. The molecule has 29 heavy (non-hydrogen) atoms. The van der Waals surface area contributed by atoms with E-state index < -0.39 is 0 Å². The Labute approximate surface area is 176 Å². The third-order valence-electron chi connectivity index (χ3n) is 4.38. The quantitative estimate of drug-likeness (QED) is 0.458. The molecule has 1 aliphatic heterocycles. The highest BCUT2D eigenvalue weighted by Crippen LogP contribution is 2.34. The van der Waals surface area contributed by atoms with E-state index in [9.17, 15) is 4.79 Å². The number of hydrogen-bond donors (Lipinski definition) is 0. The molecule has 1 saturated heterocycles. The lowest BCUT2D eigenvalue weighted by Gasteiger charge is -2.14. The number of carbonyl (C=O) groups excluding carboxylic acids is 1. The number of terminal acetylenes is 1.